The quantitative estimate of drug-likeness (QED) is 0.673. The SMILES string of the molecule is COc1ccc(OC)c(CNS(=O)(=O)c2ccc(-c3ccccc3)cc2)c1. The number of hydrogen-bond acceptors (Lipinski definition) is 4. The maximum absolute atomic E-state index is 12.6. The van der Waals surface area contributed by atoms with E-state index in [1.165, 1.54) is 0 Å². The standard InChI is InChI=1S/C21H21NO4S/c1-25-19-10-13-21(26-2)18(14-19)15-22-27(23,24)20-11-8-17(9-12-20)16-6-4-3-5-7-16/h3-14,22H,15H2,1-2H3. The minimum atomic E-state index is -3.65. The summed E-state index contributed by atoms with van der Waals surface area (Å²) in [5.41, 5.74) is 2.70. The molecule has 140 valence electrons. The largest absolute Gasteiger partial charge is 0.497 e. The van der Waals surface area contributed by atoms with Crippen LogP contribution in [-0.4, -0.2) is 22.6 Å². The van der Waals surface area contributed by atoms with Crippen molar-refractivity contribution in [1.82, 2.24) is 4.72 Å². The van der Waals surface area contributed by atoms with Crippen LogP contribution in [0.4, 0.5) is 0 Å². The molecule has 0 aliphatic heterocycles. The number of methoxy groups -OCH3 is 2. The van der Waals surface area contributed by atoms with E-state index >= 15 is 0 Å². The minimum Gasteiger partial charge on any atom is -0.497 e. The number of hydrogen-bond donors (Lipinski definition) is 1. The van der Waals surface area contributed by atoms with E-state index in [0.29, 0.717) is 17.1 Å². The third-order valence-corrected chi connectivity index (χ3v) is 5.63. The van der Waals surface area contributed by atoms with Gasteiger partial charge in [0, 0.05) is 12.1 Å². The molecular formula is C21H21NO4S. The highest BCUT2D eigenvalue weighted by Gasteiger charge is 2.15. The Morgan fingerprint density at radius 3 is 2.11 bits per heavy atom. The molecule has 3 aromatic rings. The third kappa shape index (κ3) is 4.48. The normalized spacial score (nSPS) is 11.2. The lowest BCUT2D eigenvalue weighted by molar-refractivity contribution is 0.398. The zero-order valence-corrected chi connectivity index (χ0v) is 16.0. The Labute approximate surface area is 159 Å². The van der Waals surface area contributed by atoms with E-state index in [9.17, 15) is 8.42 Å². The van der Waals surface area contributed by atoms with Gasteiger partial charge in [-0.3, -0.25) is 0 Å². The van der Waals surface area contributed by atoms with Crippen molar-refractivity contribution in [1.29, 1.82) is 0 Å². The Morgan fingerprint density at radius 2 is 1.48 bits per heavy atom. The minimum absolute atomic E-state index is 0.100. The topological polar surface area (TPSA) is 64.6 Å². The summed E-state index contributed by atoms with van der Waals surface area (Å²) in [5.74, 6) is 1.23. The highest BCUT2D eigenvalue weighted by atomic mass is 32.2. The molecule has 0 saturated heterocycles. The molecule has 3 aromatic carbocycles. The van der Waals surface area contributed by atoms with Crippen molar-refractivity contribution in [3.05, 3.63) is 78.4 Å². The fraction of sp³-hybridized carbons (Fsp3) is 0.143. The van der Waals surface area contributed by atoms with Gasteiger partial charge in [-0.2, -0.15) is 0 Å². The lowest BCUT2D eigenvalue weighted by Gasteiger charge is -2.12. The van der Waals surface area contributed by atoms with Gasteiger partial charge in [-0.25, -0.2) is 13.1 Å². The number of sulfonamides is 1. The summed E-state index contributed by atoms with van der Waals surface area (Å²) in [6, 6.07) is 21.9. The molecule has 0 aliphatic carbocycles. The molecule has 0 spiro atoms. The van der Waals surface area contributed by atoms with E-state index in [4.69, 9.17) is 9.47 Å². The number of benzene rings is 3. The molecule has 0 atom stereocenters. The van der Waals surface area contributed by atoms with Crippen LogP contribution in [0, 0.1) is 0 Å². The first-order valence-electron chi connectivity index (χ1n) is 8.39. The second kappa shape index (κ2) is 8.24. The van der Waals surface area contributed by atoms with Crippen molar-refractivity contribution in [2.75, 3.05) is 14.2 Å². The van der Waals surface area contributed by atoms with Gasteiger partial charge in [-0.1, -0.05) is 42.5 Å². The Balaban J connectivity index is 1.77. The van der Waals surface area contributed by atoms with Crippen LogP contribution in [0.5, 0.6) is 11.5 Å². The van der Waals surface area contributed by atoms with E-state index in [0.717, 1.165) is 11.1 Å². The van der Waals surface area contributed by atoms with Gasteiger partial charge in [-0.05, 0) is 41.5 Å². The lowest BCUT2D eigenvalue weighted by atomic mass is 10.1. The average Bonchev–Trinajstić information content (AvgIpc) is 2.72. The van der Waals surface area contributed by atoms with Crippen molar-refractivity contribution in [3.63, 3.8) is 0 Å². The van der Waals surface area contributed by atoms with Crippen molar-refractivity contribution >= 4 is 10.0 Å². The molecule has 0 saturated carbocycles. The molecule has 0 heterocycles. The molecule has 0 aliphatic rings. The molecule has 0 unspecified atom stereocenters. The van der Waals surface area contributed by atoms with Crippen molar-refractivity contribution in [2.45, 2.75) is 11.4 Å². The van der Waals surface area contributed by atoms with E-state index < -0.39 is 10.0 Å². The molecule has 1 N–H and O–H groups in total. The molecule has 5 nitrogen and oxygen atoms in total. The third-order valence-electron chi connectivity index (χ3n) is 4.21. The zero-order chi connectivity index (χ0) is 19.3. The first-order chi connectivity index (χ1) is 13.0. The first kappa shape index (κ1) is 18.9. The second-order valence-electron chi connectivity index (χ2n) is 5.89. The first-order valence-corrected chi connectivity index (χ1v) is 9.88. The summed E-state index contributed by atoms with van der Waals surface area (Å²) in [5, 5.41) is 0. The summed E-state index contributed by atoms with van der Waals surface area (Å²) in [6.45, 7) is 0.100. The molecule has 0 aromatic heterocycles. The van der Waals surface area contributed by atoms with E-state index in [2.05, 4.69) is 4.72 Å². The van der Waals surface area contributed by atoms with Crippen LogP contribution in [0.3, 0.4) is 0 Å². The summed E-state index contributed by atoms with van der Waals surface area (Å²) in [4.78, 5) is 0.212. The van der Waals surface area contributed by atoms with Crippen LogP contribution in [0.2, 0.25) is 0 Å². The monoisotopic (exact) mass is 383 g/mol. The van der Waals surface area contributed by atoms with E-state index in [1.54, 1.807) is 56.7 Å². The van der Waals surface area contributed by atoms with Gasteiger partial charge in [0.2, 0.25) is 10.0 Å². The van der Waals surface area contributed by atoms with Crippen LogP contribution in [0.1, 0.15) is 5.56 Å². The smallest absolute Gasteiger partial charge is 0.240 e. The maximum atomic E-state index is 12.6. The Kier molecular flexibility index (Phi) is 5.78. The highest BCUT2D eigenvalue weighted by Crippen LogP contribution is 2.25. The Morgan fingerprint density at radius 1 is 0.815 bits per heavy atom. The molecule has 0 amide bonds. The van der Waals surface area contributed by atoms with Crippen LogP contribution in [0.15, 0.2) is 77.7 Å². The molecule has 0 fully saturated rings. The van der Waals surface area contributed by atoms with Gasteiger partial charge in [0.1, 0.15) is 11.5 Å². The molecule has 0 bridgehead atoms. The van der Waals surface area contributed by atoms with Gasteiger partial charge in [0.15, 0.2) is 0 Å². The predicted octanol–water partition coefficient (Wildman–Crippen LogP) is 3.85. The summed E-state index contributed by atoms with van der Waals surface area (Å²) < 4.78 is 38.3. The van der Waals surface area contributed by atoms with Crippen LogP contribution >= 0.6 is 0 Å². The fourth-order valence-corrected chi connectivity index (χ4v) is 3.74. The van der Waals surface area contributed by atoms with E-state index in [-0.39, 0.29) is 11.4 Å². The molecule has 0 radical (unpaired) electrons. The number of nitrogens with one attached hydrogen (secondary N) is 1. The maximum Gasteiger partial charge on any atom is 0.240 e. The summed E-state index contributed by atoms with van der Waals surface area (Å²) in [7, 11) is -0.545. The van der Waals surface area contributed by atoms with Crippen molar-refractivity contribution in [2.24, 2.45) is 0 Å². The van der Waals surface area contributed by atoms with Crippen LogP contribution in [-0.2, 0) is 16.6 Å². The number of rotatable bonds is 7. The highest BCUT2D eigenvalue weighted by molar-refractivity contribution is 7.89. The van der Waals surface area contributed by atoms with Gasteiger partial charge < -0.3 is 9.47 Å². The molecule has 6 heteroatoms. The summed E-state index contributed by atoms with van der Waals surface area (Å²) in [6.07, 6.45) is 0. The van der Waals surface area contributed by atoms with E-state index in [1.807, 2.05) is 30.3 Å². The van der Waals surface area contributed by atoms with Crippen molar-refractivity contribution in [3.8, 4) is 22.6 Å². The van der Waals surface area contributed by atoms with Crippen LogP contribution in [0.25, 0.3) is 11.1 Å². The van der Waals surface area contributed by atoms with Gasteiger partial charge >= 0.3 is 0 Å². The fourth-order valence-electron chi connectivity index (χ4n) is 2.73. The van der Waals surface area contributed by atoms with Gasteiger partial charge in [0.05, 0.1) is 19.1 Å². The number of ether oxygens (including phenoxy) is 2. The molecule has 3 rings (SSSR count). The summed E-state index contributed by atoms with van der Waals surface area (Å²) >= 11 is 0. The van der Waals surface area contributed by atoms with Crippen molar-refractivity contribution < 1.29 is 17.9 Å². The lowest BCUT2D eigenvalue weighted by Crippen LogP contribution is -2.23. The predicted molar refractivity (Wildman–Crippen MR) is 105 cm³/mol. The second-order valence-corrected chi connectivity index (χ2v) is 7.66. The van der Waals surface area contributed by atoms with Gasteiger partial charge in [0.25, 0.3) is 0 Å². The zero-order valence-electron chi connectivity index (χ0n) is 15.2. The molecular weight excluding hydrogens is 362 g/mol. The molecule has 27 heavy (non-hydrogen) atoms. The Hall–Kier alpha value is -2.83. The van der Waals surface area contributed by atoms with Crippen LogP contribution < -0.4 is 14.2 Å². The average molecular weight is 383 g/mol. The Bertz CT molecular complexity index is 1000. The van der Waals surface area contributed by atoms with Gasteiger partial charge in [-0.15, -0.1) is 0 Å².